The molecule has 0 radical (unpaired) electrons. The Hall–Kier alpha value is -1.70. The van der Waals surface area contributed by atoms with Gasteiger partial charge in [0.15, 0.2) is 0 Å². The summed E-state index contributed by atoms with van der Waals surface area (Å²) in [5.74, 6) is -0.152. The van der Waals surface area contributed by atoms with Crippen LogP contribution in [0.1, 0.15) is 19.0 Å². The summed E-state index contributed by atoms with van der Waals surface area (Å²) in [6.07, 6.45) is 4.25. The SMILES string of the molecule is CCC1CN(C(=O)N[C@@H](Cc2cnc[nH]2)C(=O)O)CCS1. The van der Waals surface area contributed by atoms with Crippen LogP contribution in [0.3, 0.4) is 0 Å². The van der Waals surface area contributed by atoms with Crippen molar-refractivity contribution in [3.05, 3.63) is 18.2 Å². The maximum absolute atomic E-state index is 12.2. The van der Waals surface area contributed by atoms with Crippen molar-refractivity contribution in [3.8, 4) is 0 Å². The highest BCUT2D eigenvalue weighted by Crippen LogP contribution is 2.21. The van der Waals surface area contributed by atoms with Crippen molar-refractivity contribution >= 4 is 23.8 Å². The van der Waals surface area contributed by atoms with Gasteiger partial charge in [-0.05, 0) is 6.42 Å². The summed E-state index contributed by atoms with van der Waals surface area (Å²) in [6, 6.07) is -1.26. The minimum absolute atomic E-state index is 0.195. The normalized spacial score (nSPS) is 20.0. The lowest BCUT2D eigenvalue weighted by molar-refractivity contribution is -0.139. The van der Waals surface area contributed by atoms with Gasteiger partial charge in [0.2, 0.25) is 0 Å². The molecule has 0 saturated carbocycles. The molecule has 1 saturated heterocycles. The highest BCUT2D eigenvalue weighted by Gasteiger charge is 2.27. The van der Waals surface area contributed by atoms with E-state index in [0.29, 0.717) is 24.0 Å². The van der Waals surface area contributed by atoms with E-state index in [1.54, 1.807) is 11.1 Å². The molecule has 116 valence electrons. The van der Waals surface area contributed by atoms with Gasteiger partial charge in [-0.25, -0.2) is 14.6 Å². The standard InChI is InChI=1S/C13H20N4O3S/c1-2-10-7-17(3-4-21-10)13(20)16-11(12(18)19)5-9-6-14-8-15-9/h6,8,10-11H,2-5,7H2,1H3,(H,14,15)(H,16,20)(H,18,19)/t10?,11-/m0/s1. The van der Waals surface area contributed by atoms with Crippen molar-refractivity contribution in [2.75, 3.05) is 18.8 Å². The maximum atomic E-state index is 12.2. The lowest BCUT2D eigenvalue weighted by Gasteiger charge is -2.32. The summed E-state index contributed by atoms with van der Waals surface area (Å²) in [4.78, 5) is 31.9. The average molecular weight is 312 g/mol. The number of amides is 2. The summed E-state index contributed by atoms with van der Waals surface area (Å²) in [6.45, 7) is 3.42. The first-order valence-electron chi connectivity index (χ1n) is 6.97. The van der Waals surface area contributed by atoms with E-state index in [1.807, 2.05) is 11.8 Å². The van der Waals surface area contributed by atoms with Gasteiger partial charge in [-0.15, -0.1) is 0 Å². The number of hydrogen-bond acceptors (Lipinski definition) is 4. The van der Waals surface area contributed by atoms with Gasteiger partial charge in [-0.1, -0.05) is 6.92 Å². The monoisotopic (exact) mass is 312 g/mol. The molecule has 7 nitrogen and oxygen atoms in total. The first-order chi connectivity index (χ1) is 10.1. The van der Waals surface area contributed by atoms with Gasteiger partial charge in [0, 0.05) is 42.4 Å². The fourth-order valence-electron chi connectivity index (χ4n) is 2.21. The molecule has 2 rings (SSSR count). The number of rotatable bonds is 5. The summed E-state index contributed by atoms with van der Waals surface area (Å²) >= 11 is 1.86. The topological polar surface area (TPSA) is 98.3 Å². The number of nitrogens with one attached hydrogen (secondary N) is 2. The van der Waals surface area contributed by atoms with Gasteiger partial charge in [0.25, 0.3) is 0 Å². The molecule has 1 fully saturated rings. The lowest BCUT2D eigenvalue weighted by atomic mass is 10.1. The van der Waals surface area contributed by atoms with Gasteiger partial charge >= 0.3 is 12.0 Å². The quantitative estimate of drug-likeness (QED) is 0.751. The molecule has 0 aromatic carbocycles. The lowest BCUT2D eigenvalue weighted by Crippen LogP contribution is -2.52. The van der Waals surface area contributed by atoms with Crippen LogP contribution in [0.25, 0.3) is 0 Å². The number of aliphatic carboxylic acids is 1. The summed E-state index contributed by atoms with van der Waals surface area (Å²) in [5, 5.41) is 12.3. The number of H-pyrrole nitrogens is 1. The highest BCUT2D eigenvalue weighted by atomic mass is 32.2. The maximum Gasteiger partial charge on any atom is 0.326 e. The second kappa shape index (κ2) is 7.35. The zero-order valence-corrected chi connectivity index (χ0v) is 12.7. The van der Waals surface area contributed by atoms with Crippen LogP contribution in [-0.2, 0) is 11.2 Å². The Labute approximate surface area is 127 Å². The molecule has 2 atom stereocenters. The second-order valence-electron chi connectivity index (χ2n) is 4.97. The number of urea groups is 1. The third-order valence-corrected chi connectivity index (χ3v) is 4.83. The van der Waals surface area contributed by atoms with Crippen molar-refractivity contribution in [2.24, 2.45) is 0 Å². The van der Waals surface area contributed by atoms with E-state index in [1.165, 1.54) is 6.33 Å². The molecule has 1 aliphatic heterocycles. The second-order valence-corrected chi connectivity index (χ2v) is 6.38. The van der Waals surface area contributed by atoms with Crippen LogP contribution in [0.5, 0.6) is 0 Å². The van der Waals surface area contributed by atoms with Gasteiger partial charge in [0.05, 0.1) is 6.33 Å². The molecule has 0 aliphatic carbocycles. The number of aromatic amines is 1. The molecule has 2 heterocycles. The van der Waals surface area contributed by atoms with Crippen molar-refractivity contribution in [3.63, 3.8) is 0 Å². The van der Waals surface area contributed by atoms with E-state index < -0.39 is 12.0 Å². The Kier molecular flexibility index (Phi) is 5.49. The zero-order chi connectivity index (χ0) is 15.2. The largest absolute Gasteiger partial charge is 0.480 e. The number of nitrogens with zero attached hydrogens (tertiary/aromatic N) is 2. The van der Waals surface area contributed by atoms with E-state index in [-0.39, 0.29) is 12.5 Å². The first-order valence-corrected chi connectivity index (χ1v) is 8.02. The predicted octanol–water partition coefficient (Wildman–Crippen LogP) is 0.942. The van der Waals surface area contributed by atoms with Crippen molar-refractivity contribution in [1.29, 1.82) is 0 Å². The Morgan fingerprint density at radius 3 is 3.10 bits per heavy atom. The van der Waals surface area contributed by atoms with Crippen LogP contribution < -0.4 is 5.32 Å². The number of carboxylic acids is 1. The van der Waals surface area contributed by atoms with E-state index in [0.717, 1.165) is 12.2 Å². The fraction of sp³-hybridized carbons (Fsp3) is 0.615. The third kappa shape index (κ3) is 4.38. The van der Waals surface area contributed by atoms with E-state index >= 15 is 0 Å². The van der Waals surface area contributed by atoms with Gasteiger partial charge in [-0.3, -0.25) is 0 Å². The van der Waals surface area contributed by atoms with E-state index in [4.69, 9.17) is 0 Å². The smallest absolute Gasteiger partial charge is 0.326 e. The fourth-order valence-corrected chi connectivity index (χ4v) is 3.39. The van der Waals surface area contributed by atoms with Crippen molar-refractivity contribution < 1.29 is 14.7 Å². The summed E-state index contributed by atoms with van der Waals surface area (Å²) < 4.78 is 0. The van der Waals surface area contributed by atoms with E-state index in [9.17, 15) is 14.7 Å². The van der Waals surface area contributed by atoms with Gasteiger partial charge in [0.1, 0.15) is 6.04 Å². The number of hydrogen-bond donors (Lipinski definition) is 3. The van der Waals surface area contributed by atoms with Crippen LogP contribution in [0.15, 0.2) is 12.5 Å². The van der Waals surface area contributed by atoms with Crippen LogP contribution in [0, 0.1) is 0 Å². The first kappa shape index (κ1) is 15.7. The van der Waals surface area contributed by atoms with Gasteiger partial charge in [-0.2, -0.15) is 11.8 Å². The summed E-state index contributed by atoms with van der Waals surface area (Å²) in [7, 11) is 0. The number of carboxylic acid groups (broad SMARTS) is 1. The molecule has 1 aromatic heterocycles. The van der Waals surface area contributed by atoms with Crippen LogP contribution >= 0.6 is 11.8 Å². The molecule has 1 aliphatic rings. The number of aromatic nitrogens is 2. The number of thioether (sulfide) groups is 1. The molecular weight excluding hydrogens is 292 g/mol. The molecule has 1 aromatic rings. The van der Waals surface area contributed by atoms with Crippen LogP contribution in [0.4, 0.5) is 4.79 Å². The molecule has 1 unspecified atom stereocenters. The van der Waals surface area contributed by atoms with E-state index in [2.05, 4.69) is 22.2 Å². The number of carbonyl (C=O) groups excluding carboxylic acids is 1. The minimum atomic E-state index is -1.05. The van der Waals surface area contributed by atoms with Crippen molar-refractivity contribution in [1.82, 2.24) is 20.2 Å². The Morgan fingerprint density at radius 2 is 2.48 bits per heavy atom. The minimum Gasteiger partial charge on any atom is -0.480 e. The van der Waals surface area contributed by atoms with Crippen molar-refractivity contribution in [2.45, 2.75) is 31.1 Å². The predicted molar refractivity (Wildman–Crippen MR) is 80.4 cm³/mol. The molecular formula is C13H20N4O3S. The molecule has 3 N–H and O–H groups in total. The Balaban J connectivity index is 1.93. The molecule has 0 bridgehead atoms. The zero-order valence-electron chi connectivity index (χ0n) is 11.9. The molecule has 8 heteroatoms. The van der Waals surface area contributed by atoms with Crippen LogP contribution in [-0.4, -0.2) is 62.1 Å². The number of imidazole rings is 1. The number of carbonyl (C=O) groups is 2. The van der Waals surface area contributed by atoms with Gasteiger partial charge < -0.3 is 20.3 Å². The Morgan fingerprint density at radius 1 is 1.67 bits per heavy atom. The summed E-state index contributed by atoms with van der Waals surface area (Å²) in [5.41, 5.74) is 0.684. The average Bonchev–Trinajstić information content (AvgIpc) is 2.99. The Bertz CT molecular complexity index is 480. The van der Waals surface area contributed by atoms with Crippen LogP contribution in [0.2, 0.25) is 0 Å². The highest BCUT2D eigenvalue weighted by molar-refractivity contribution is 8.00. The molecule has 0 spiro atoms. The molecule has 21 heavy (non-hydrogen) atoms. The molecule has 2 amide bonds. The third-order valence-electron chi connectivity index (χ3n) is 3.46.